The highest BCUT2D eigenvalue weighted by Crippen LogP contribution is 2.27. The third-order valence-corrected chi connectivity index (χ3v) is 5.11. The van der Waals surface area contributed by atoms with Gasteiger partial charge in [-0.05, 0) is 55.8 Å². The SMILES string of the molecule is Cc1cc(CNC(=O)c2ccc(/C(=C/C(=N)C(F)(F)F)Nc3ccccc3Cl)cc2)c(C)o1. The Kier molecular flexibility index (Phi) is 7.28. The maximum atomic E-state index is 13.0. The van der Waals surface area contributed by atoms with Crippen molar-refractivity contribution in [2.24, 2.45) is 0 Å². The summed E-state index contributed by atoms with van der Waals surface area (Å²) in [4.78, 5) is 12.5. The van der Waals surface area contributed by atoms with Gasteiger partial charge in [-0.2, -0.15) is 13.2 Å². The van der Waals surface area contributed by atoms with Crippen molar-refractivity contribution in [3.05, 3.63) is 93.9 Å². The van der Waals surface area contributed by atoms with Crippen molar-refractivity contribution in [3.8, 4) is 0 Å². The maximum Gasteiger partial charge on any atom is 0.432 e. The van der Waals surface area contributed by atoms with Crippen molar-refractivity contribution < 1.29 is 22.4 Å². The van der Waals surface area contributed by atoms with E-state index in [0.717, 1.165) is 17.1 Å². The van der Waals surface area contributed by atoms with Gasteiger partial charge in [0.25, 0.3) is 5.91 Å². The maximum absolute atomic E-state index is 13.0. The Morgan fingerprint density at radius 1 is 1.09 bits per heavy atom. The fraction of sp³-hybridized carbons (Fsp3) is 0.167. The van der Waals surface area contributed by atoms with Gasteiger partial charge in [0.05, 0.1) is 10.7 Å². The van der Waals surface area contributed by atoms with E-state index in [0.29, 0.717) is 27.9 Å². The van der Waals surface area contributed by atoms with E-state index in [1.54, 1.807) is 24.3 Å². The lowest BCUT2D eigenvalue weighted by atomic mass is 10.1. The monoisotopic (exact) mass is 475 g/mol. The number of rotatable bonds is 7. The first-order valence-electron chi connectivity index (χ1n) is 9.88. The Balaban J connectivity index is 1.81. The number of anilines is 1. The van der Waals surface area contributed by atoms with Gasteiger partial charge in [-0.15, -0.1) is 0 Å². The number of amides is 1. The van der Waals surface area contributed by atoms with Crippen LogP contribution in [0.5, 0.6) is 0 Å². The summed E-state index contributed by atoms with van der Waals surface area (Å²) in [5.74, 6) is 1.12. The summed E-state index contributed by atoms with van der Waals surface area (Å²) in [5, 5.41) is 13.3. The Hall–Kier alpha value is -3.52. The van der Waals surface area contributed by atoms with E-state index >= 15 is 0 Å². The van der Waals surface area contributed by atoms with Gasteiger partial charge < -0.3 is 15.1 Å². The van der Waals surface area contributed by atoms with Crippen LogP contribution in [0.4, 0.5) is 18.9 Å². The van der Waals surface area contributed by atoms with Crippen LogP contribution in [-0.4, -0.2) is 17.8 Å². The highest BCUT2D eigenvalue weighted by atomic mass is 35.5. The minimum absolute atomic E-state index is 0.0156. The Labute approximate surface area is 193 Å². The molecule has 3 N–H and O–H groups in total. The lowest BCUT2D eigenvalue weighted by Gasteiger charge is -2.15. The second-order valence-corrected chi connectivity index (χ2v) is 7.68. The smallest absolute Gasteiger partial charge is 0.432 e. The Morgan fingerprint density at radius 3 is 2.30 bits per heavy atom. The van der Waals surface area contributed by atoms with Crippen LogP contribution in [-0.2, 0) is 6.54 Å². The van der Waals surface area contributed by atoms with Crippen LogP contribution in [0.3, 0.4) is 0 Å². The van der Waals surface area contributed by atoms with Crippen LogP contribution >= 0.6 is 11.6 Å². The number of furan rings is 1. The second kappa shape index (κ2) is 9.95. The summed E-state index contributed by atoms with van der Waals surface area (Å²) in [6.45, 7) is 3.91. The van der Waals surface area contributed by atoms with Crippen LogP contribution in [0.1, 0.15) is 33.0 Å². The van der Waals surface area contributed by atoms with Gasteiger partial charge >= 0.3 is 6.18 Å². The molecule has 0 saturated carbocycles. The number of aryl methyl sites for hydroxylation is 2. The molecule has 0 aliphatic carbocycles. The highest BCUT2D eigenvalue weighted by molar-refractivity contribution is 6.33. The summed E-state index contributed by atoms with van der Waals surface area (Å²) in [5.41, 5.74) is 0.415. The third kappa shape index (κ3) is 6.26. The molecule has 0 aliphatic rings. The van der Waals surface area contributed by atoms with Crippen molar-refractivity contribution >= 4 is 34.6 Å². The number of hydrogen-bond acceptors (Lipinski definition) is 4. The van der Waals surface area contributed by atoms with Crippen LogP contribution in [0.2, 0.25) is 5.02 Å². The predicted molar refractivity (Wildman–Crippen MR) is 123 cm³/mol. The predicted octanol–water partition coefficient (Wildman–Crippen LogP) is 6.51. The summed E-state index contributed by atoms with van der Waals surface area (Å²) in [6, 6.07) is 14.4. The number of para-hydroxylation sites is 1. The molecule has 0 radical (unpaired) electrons. The summed E-state index contributed by atoms with van der Waals surface area (Å²) >= 11 is 6.12. The van der Waals surface area contributed by atoms with E-state index in [1.807, 2.05) is 19.9 Å². The summed E-state index contributed by atoms with van der Waals surface area (Å²) in [6.07, 6.45) is -4.13. The van der Waals surface area contributed by atoms with Crippen LogP contribution in [0.25, 0.3) is 5.70 Å². The highest BCUT2D eigenvalue weighted by Gasteiger charge is 2.33. The normalized spacial score (nSPS) is 11.9. The van der Waals surface area contributed by atoms with Gasteiger partial charge in [-0.1, -0.05) is 35.9 Å². The molecule has 2 aromatic carbocycles. The number of nitrogens with one attached hydrogen (secondary N) is 3. The number of benzene rings is 2. The molecule has 5 nitrogen and oxygen atoms in total. The first-order chi connectivity index (χ1) is 15.5. The molecular formula is C24H21ClF3N3O2. The number of carbonyl (C=O) groups is 1. The van der Waals surface area contributed by atoms with Gasteiger partial charge in [-0.25, -0.2) is 0 Å². The molecule has 0 unspecified atom stereocenters. The molecule has 3 aromatic rings. The van der Waals surface area contributed by atoms with Crippen molar-refractivity contribution in [1.82, 2.24) is 5.32 Å². The van der Waals surface area contributed by atoms with Crippen LogP contribution < -0.4 is 10.6 Å². The van der Waals surface area contributed by atoms with Crippen LogP contribution in [0, 0.1) is 19.3 Å². The molecule has 172 valence electrons. The zero-order valence-electron chi connectivity index (χ0n) is 17.8. The van der Waals surface area contributed by atoms with E-state index in [4.69, 9.17) is 21.4 Å². The molecule has 0 spiro atoms. The number of halogens is 4. The van der Waals surface area contributed by atoms with Gasteiger partial charge in [-0.3, -0.25) is 10.2 Å². The van der Waals surface area contributed by atoms with Gasteiger partial charge in [0.1, 0.15) is 17.2 Å². The first kappa shape index (κ1) is 24.1. The van der Waals surface area contributed by atoms with Crippen molar-refractivity contribution in [2.75, 3.05) is 5.32 Å². The zero-order chi connectivity index (χ0) is 24.2. The second-order valence-electron chi connectivity index (χ2n) is 7.27. The van der Waals surface area contributed by atoms with Gasteiger partial charge in [0, 0.05) is 23.4 Å². The van der Waals surface area contributed by atoms with Crippen LogP contribution in [0.15, 0.2) is 65.1 Å². The number of carbonyl (C=O) groups excluding carboxylic acids is 1. The molecule has 1 amide bonds. The van der Waals surface area contributed by atoms with Gasteiger partial charge in [0.15, 0.2) is 0 Å². The van der Waals surface area contributed by atoms with E-state index in [2.05, 4.69) is 10.6 Å². The van der Waals surface area contributed by atoms with E-state index in [9.17, 15) is 18.0 Å². The molecule has 0 bridgehead atoms. The molecule has 3 rings (SSSR count). The molecule has 0 atom stereocenters. The Morgan fingerprint density at radius 2 is 1.73 bits per heavy atom. The molecule has 1 heterocycles. The number of hydrogen-bond donors (Lipinski definition) is 3. The average Bonchev–Trinajstić information content (AvgIpc) is 3.09. The molecule has 0 saturated heterocycles. The van der Waals surface area contributed by atoms with Crippen molar-refractivity contribution in [3.63, 3.8) is 0 Å². The average molecular weight is 476 g/mol. The zero-order valence-corrected chi connectivity index (χ0v) is 18.6. The van der Waals surface area contributed by atoms with E-state index < -0.39 is 11.9 Å². The first-order valence-corrected chi connectivity index (χ1v) is 10.3. The molecule has 1 aromatic heterocycles. The summed E-state index contributed by atoms with van der Waals surface area (Å²) < 4.78 is 44.4. The third-order valence-electron chi connectivity index (χ3n) is 4.78. The van der Waals surface area contributed by atoms with Crippen molar-refractivity contribution in [1.29, 1.82) is 5.41 Å². The Bertz CT molecular complexity index is 1200. The largest absolute Gasteiger partial charge is 0.466 e. The molecular weight excluding hydrogens is 455 g/mol. The number of allylic oxidation sites excluding steroid dienone is 1. The standard InChI is InChI=1S/C24H21ClF3N3O2/c1-14-11-18(15(2)33-14)13-30-23(32)17-9-7-16(8-10-17)21(12-22(29)24(26,27)28)31-20-6-4-3-5-19(20)25/h3-12,29,31H,13H2,1-2H3,(H,30,32)/b21-12-,29-22?. The minimum Gasteiger partial charge on any atom is -0.466 e. The topological polar surface area (TPSA) is 78.1 Å². The molecule has 33 heavy (non-hydrogen) atoms. The lowest BCUT2D eigenvalue weighted by Crippen LogP contribution is -2.23. The fourth-order valence-corrected chi connectivity index (χ4v) is 3.25. The fourth-order valence-electron chi connectivity index (χ4n) is 3.06. The molecule has 9 heteroatoms. The molecule has 0 aliphatic heterocycles. The van der Waals surface area contributed by atoms with Crippen molar-refractivity contribution in [2.45, 2.75) is 26.6 Å². The minimum atomic E-state index is -4.81. The van der Waals surface area contributed by atoms with E-state index in [1.165, 1.54) is 24.3 Å². The quantitative estimate of drug-likeness (QED) is 0.341. The molecule has 0 fully saturated rings. The van der Waals surface area contributed by atoms with E-state index in [-0.39, 0.29) is 18.1 Å². The summed E-state index contributed by atoms with van der Waals surface area (Å²) in [7, 11) is 0. The lowest BCUT2D eigenvalue weighted by molar-refractivity contribution is -0.0583. The van der Waals surface area contributed by atoms with Gasteiger partial charge in [0.2, 0.25) is 0 Å². The number of alkyl halides is 3.